The first-order valence-electron chi connectivity index (χ1n) is 6.43. The summed E-state index contributed by atoms with van der Waals surface area (Å²) >= 11 is 0. The van der Waals surface area contributed by atoms with E-state index >= 15 is 0 Å². The zero-order valence-electron chi connectivity index (χ0n) is 11.1. The van der Waals surface area contributed by atoms with Crippen LogP contribution in [0.3, 0.4) is 0 Å². The van der Waals surface area contributed by atoms with Crippen molar-refractivity contribution in [3.63, 3.8) is 0 Å². The van der Waals surface area contributed by atoms with Gasteiger partial charge in [-0.2, -0.15) is 9.40 Å². The van der Waals surface area contributed by atoms with Crippen molar-refractivity contribution < 1.29 is 17.5 Å². The number of hydrogen-bond acceptors (Lipinski definition) is 4. The molecular formula is C13H14FN3O3S. The van der Waals surface area contributed by atoms with E-state index in [1.165, 1.54) is 16.4 Å². The third kappa shape index (κ3) is 2.69. The molecule has 3 rings (SSSR count). The van der Waals surface area contributed by atoms with E-state index in [1.54, 1.807) is 12.3 Å². The first kappa shape index (κ1) is 14.2. The highest BCUT2D eigenvalue weighted by Crippen LogP contribution is 2.29. The van der Waals surface area contributed by atoms with Gasteiger partial charge in [0, 0.05) is 12.7 Å². The average molecular weight is 311 g/mol. The Balaban J connectivity index is 1.97. The minimum Gasteiger partial charge on any atom is -0.378 e. The second-order valence-electron chi connectivity index (χ2n) is 4.67. The van der Waals surface area contributed by atoms with Gasteiger partial charge in [0.05, 0.1) is 29.8 Å². The van der Waals surface area contributed by atoms with Crippen LogP contribution in [0, 0.1) is 5.82 Å². The molecule has 6 nitrogen and oxygen atoms in total. The van der Waals surface area contributed by atoms with Crippen LogP contribution < -0.4 is 0 Å². The number of rotatable bonds is 3. The second-order valence-corrected chi connectivity index (χ2v) is 6.56. The van der Waals surface area contributed by atoms with Crippen LogP contribution in [-0.4, -0.2) is 42.7 Å². The Kier molecular flexibility index (Phi) is 3.75. The largest absolute Gasteiger partial charge is 0.378 e. The summed E-state index contributed by atoms with van der Waals surface area (Å²) in [6.45, 7) is 0.817. The van der Waals surface area contributed by atoms with E-state index in [0.717, 1.165) is 12.1 Å². The van der Waals surface area contributed by atoms with Gasteiger partial charge in [-0.3, -0.25) is 5.10 Å². The standard InChI is InChI=1S/C13H14FN3O3S/c14-10-1-3-11(4-2-10)21(18,19)17-7-8-20-9-13(17)12-5-6-15-16-12/h1-6,13H,7-9H2,(H,15,16). The summed E-state index contributed by atoms with van der Waals surface area (Å²) in [6, 6.07) is 6.06. The monoisotopic (exact) mass is 311 g/mol. The quantitative estimate of drug-likeness (QED) is 0.927. The number of sulfonamides is 1. The Bertz CT molecular complexity index is 701. The molecule has 1 aromatic heterocycles. The van der Waals surface area contributed by atoms with Gasteiger partial charge < -0.3 is 4.74 Å². The topological polar surface area (TPSA) is 75.3 Å². The fraction of sp³-hybridized carbons (Fsp3) is 0.308. The molecule has 0 spiro atoms. The molecule has 2 heterocycles. The molecule has 0 saturated carbocycles. The van der Waals surface area contributed by atoms with Gasteiger partial charge in [-0.1, -0.05) is 0 Å². The molecule has 21 heavy (non-hydrogen) atoms. The minimum atomic E-state index is -3.72. The van der Waals surface area contributed by atoms with Gasteiger partial charge in [-0.05, 0) is 30.3 Å². The molecule has 112 valence electrons. The molecule has 1 saturated heterocycles. The number of benzene rings is 1. The summed E-state index contributed by atoms with van der Waals surface area (Å²) in [5, 5.41) is 6.62. The third-order valence-corrected chi connectivity index (χ3v) is 5.30. The summed E-state index contributed by atoms with van der Waals surface area (Å²) in [6.07, 6.45) is 1.56. The Morgan fingerprint density at radius 1 is 1.29 bits per heavy atom. The number of nitrogens with zero attached hydrogens (tertiary/aromatic N) is 2. The predicted molar refractivity (Wildman–Crippen MR) is 72.4 cm³/mol. The zero-order valence-corrected chi connectivity index (χ0v) is 11.9. The van der Waals surface area contributed by atoms with Gasteiger partial charge >= 0.3 is 0 Å². The first-order chi connectivity index (χ1) is 10.1. The average Bonchev–Trinajstić information content (AvgIpc) is 3.02. The van der Waals surface area contributed by atoms with E-state index in [4.69, 9.17) is 4.74 Å². The van der Waals surface area contributed by atoms with Crippen molar-refractivity contribution >= 4 is 10.0 Å². The van der Waals surface area contributed by atoms with Crippen molar-refractivity contribution in [1.29, 1.82) is 0 Å². The van der Waals surface area contributed by atoms with Crippen molar-refractivity contribution in [1.82, 2.24) is 14.5 Å². The van der Waals surface area contributed by atoms with Crippen molar-refractivity contribution in [2.45, 2.75) is 10.9 Å². The highest BCUT2D eigenvalue weighted by molar-refractivity contribution is 7.89. The highest BCUT2D eigenvalue weighted by Gasteiger charge is 2.35. The number of nitrogens with one attached hydrogen (secondary N) is 1. The lowest BCUT2D eigenvalue weighted by atomic mass is 10.2. The number of ether oxygens (including phenoxy) is 1. The number of halogens is 1. The molecule has 0 bridgehead atoms. The predicted octanol–water partition coefficient (Wildman–Crippen LogP) is 1.31. The molecule has 8 heteroatoms. The maximum Gasteiger partial charge on any atom is 0.243 e. The number of aromatic amines is 1. The van der Waals surface area contributed by atoms with E-state index in [-0.39, 0.29) is 18.0 Å². The highest BCUT2D eigenvalue weighted by atomic mass is 32.2. The summed E-state index contributed by atoms with van der Waals surface area (Å²) in [5.41, 5.74) is 0.667. The van der Waals surface area contributed by atoms with Crippen LogP contribution >= 0.6 is 0 Å². The minimum absolute atomic E-state index is 0.0651. The summed E-state index contributed by atoms with van der Waals surface area (Å²) in [4.78, 5) is 0.0651. The molecule has 1 fully saturated rings. The van der Waals surface area contributed by atoms with Crippen LogP contribution in [0.5, 0.6) is 0 Å². The SMILES string of the molecule is O=S(=O)(c1ccc(F)cc1)N1CCOCC1c1ccn[nH]1. The van der Waals surface area contributed by atoms with E-state index in [2.05, 4.69) is 10.2 Å². The number of hydrogen-bond donors (Lipinski definition) is 1. The molecule has 0 amide bonds. The molecule has 0 aliphatic carbocycles. The zero-order chi connectivity index (χ0) is 14.9. The van der Waals surface area contributed by atoms with Gasteiger partial charge in [0.25, 0.3) is 0 Å². The van der Waals surface area contributed by atoms with Gasteiger partial charge in [-0.15, -0.1) is 0 Å². The molecule has 1 atom stereocenters. The Morgan fingerprint density at radius 2 is 2.05 bits per heavy atom. The van der Waals surface area contributed by atoms with E-state index < -0.39 is 21.9 Å². The lowest BCUT2D eigenvalue weighted by Crippen LogP contribution is -2.43. The fourth-order valence-electron chi connectivity index (χ4n) is 2.32. The lowest BCUT2D eigenvalue weighted by molar-refractivity contribution is 0.0306. The lowest BCUT2D eigenvalue weighted by Gasteiger charge is -2.33. The molecule has 2 aromatic rings. The first-order valence-corrected chi connectivity index (χ1v) is 7.87. The smallest absolute Gasteiger partial charge is 0.243 e. The van der Waals surface area contributed by atoms with Gasteiger partial charge in [-0.25, -0.2) is 12.8 Å². The summed E-state index contributed by atoms with van der Waals surface area (Å²) < 4.78 is 45.1. The van der Waals surface area contributed by atoms with Crippen molar-refractivity contribution in [3.8, 4) is 0 Å². The van der Waals surface area contributed by atoms with Crippen LogP contribution in [0.1, 0.15) is 11.7 Å². The van der Waals surface area contributed by atoms with Crippen molar-refractivity contribution in [3.05, 3.63) is 48.0 Å². The molecule has 1 aromatic carbocycles. The van der Waals surface area contributed by atoms with Crippen molar-refractivity contribution in [2.24, 2.45) is 0 Å². The summed E-state index contributed by atoms with van der Waals surface area (Å²) in [7, 11) is -3.72. The molecular weight excluding hydrogens is 297 g/mol. The molecule has 1 unspecified atom stereocenters. The van der Waals surface area contributed by atoms with Crippen LogP contribution in [0.4, 0.5) is 4.39 Å². The van der Waals surface area contributed by atoms with Crippen molar-refractivity contribution in [2.75, 3.05) is 19.8 Å². The van der Waals surface area contributed by atoms with Crippen LogP contribution in [0.15, 0.2) is 41.4 Å². The molecule has 1 aliphatic rings. The maximum atomic E-state index is 13.0. The Labute approximate surface area is 121 Å². The Morgan fingerprint density at radius 3 is 2.71 bits per heavy atom. The van der Waals surface area contributed by atoms with E-state index in [1.807, 2.05) is 0 Å². The van der Waals surface area contributed by atoms with E-state index in [0.29, 0.717) is 12.3 Å². The third-order valence-electron chi connectivity index (χ3n) is 3.38. The molecule has 1 aliphatic heterocycles. The van der Waals surface area contributed by atoms with Crippen LogP contribution in [0.25, 0.3) is 0 Å². The maximum absolute atomic E-state index is 13.0. The van der Waals surface area contributed by atoms with Gasteiger partial charge in [0.15, 0.2) is 0 Å². The van der Waals surface area contributed by atoms with E-state index in [9.17, 15) is 12.8 Å². The fourth-order valence-corrected chi connectivity index (χ4v) is 3.89. The van der Waals surface area contributed by atoms with Crippen LogP contribution in [0.2, 0.25) is 0 Å². The molecule has 0 radical (unpaired) electrons. The van der Waals surface area contributed by atoms with Gasteiger partial charge in [0.1, 0.15) is 5.82 Å². The Hall–Kier alpha value is -1.77. The second kappa shape index (κ2) is 5.55. The normalized spacial score (nSPS) is 20.5. The number of H-pyrrole nitrogens is 1. The summed E-state index contributed by atoms with van der Waals surface area (Å²) in [5.74, 6) is -0.471. The number of aromatic nitrogens is 2. The van der Waals surface area contributed by atoms with Gasteiger partial charge in [0.2, 0.25) is 10.0 Å². The number of morpholine rings is 1. The molecule has 1 N–H and O–H groups in total. The van der Waals surface area contributed by atoms with Crippen LogP contribution in [-0.2, 0) is 14.8 Å².